The summed E-state index contributed by atoms with van der Waals surface area (Å²) >= 11 is 0. The van der Waals surface area contributed by atoms with Gasteiger partial charge < -0.3 is 33.8 Å². The van der Waals surface area contributed by atoms with Gasteiger partial charge in [0.25, 0.3) is 0 Å². The molecule has 0 aliphatic carbocycles. The molecule has 17 nitrogen and oxygen atoms in total. The molecule has 3 N–H and O–H groups in total. The van der Waals surface area contributed by atoms with Crippen molar-refractivity contribution in [2.24, 2.45) is 0 Å². The maximum absolute atomic E-state index is 13.1. The van der Waals surface area contributed by atoms with E-state index in [1.54, 1.807) is 0 Å². The third kappa shape index (κ3) is 69.7. The number of carbonyl (C=O) groups is 4. The highest BCUT2D eigenvalue weighted by atomic mass is 31.2. The van der Waals surface area contributed by atoms with Crippen molar-refractivity contribution in [2.45, 2.75) is 393 Å². The molecule has 2 unspecified atom stereocenters. The molecule has 0 aliphatic rings. The number of esters is 4. The van der Waals surface area contributed by atoms with E-state index >= 15 is 0 Å². The molecule has 0 aromatic carbocycles. The molecule has 5 atom stereocenters. The van der Waals surface area contributed by atoms with Crippen LogP contribution in [0.15, 0.2) is 36.5 Å². The first-order chi connectivity index (χ1) is 46.7. The summed E-state index contributed by atoms with van der Waals surface area (Å²) in [6.45, 7) is 4.90. The normalized spacial score (nSPS) is 14.1. The number of aliphatic hydroxyl groups excluding tert-OH is 1. The second-order valence-corrected chi connectivity index (χ2v) is 29.6. The SMILES string of the molecule is CCCCCC/C=C\CCCCCCCCCC(=O)O[C@H](COC(=O)CCCCCCC/C=C\CCCCCC)COP(=O)(O)OC[C@H](O)COP(=O)(O)OC[C@@H](COC(=O)CCCCCCC/C=C\CCCCCCCC)OC(=O)CCCCCCCCCCCCCCC. The average Bonchev–Trinajstić information content (AvgIpc) is 1.29. The Balaban J connectivity index is 5.31. The maximum atomic E-state index is 13.1. The van der Waals surface area contributed by atoms with Crippen LogP contribution in [-0.4, -0.2) is 96.7 Å². The highest BCUT2D eigenvalue weighted by molar-refractivity contribution is 7.47. The van der Waals surface area contributed by atoms with E-state index in [9.17, 15) is 43.2 Å². The summed E-state index contributed by atoms with van der Waals surface area (Å²) in [5.74, 6) is -2.16. The highest BCUT2D eigenvalue weighted by Crippen LogP contribution is 2.45. The van der Waals surface area contributed by atoms with E-state index in [4.69, 9.17) is 37.0 Å². The molecule has 0 saturated carbocycles. The number of phosphoric acid groups is 2. The van der Waals surface area contributed by atoms with Gasteiger partial charge in [0.1, 0.15) is 19.3 Å². The fourth-order valence-electron chi connectivity index (χ4n) is 11.0. The Hall–Kier alpha value is -2.72. The van der Waals surface area contributed by atoms with E-state index in [2.05, 4.69) is 64.2 Å². The fraction of sp³-hybridized carbons (Fsp3) is 0.870. The van der Waals surface area contributed by atoms with Crippen LogP contribution < -0.4 is 0 Å². The molecule has 564 valence electrons. The molecule has 19 heteroatoms. The zero-order chi connectivity index (χ0) is 70.4. The molecule has 96 heavy (non-hydrogen) atoms. The summed E-state index contributed by atoms with van der Waals surface area (Å²) in [7, 11) is -9.93. The van der Waals surface area contributed by atoms with Crippen LogP contribution in [0.4, 0.5) is 0 Å². The summed E-state index contributed by atoms with van der Waals surface area (Å²) in [6, 6.07) is 0. The molecule has 0 heterocycles. The lowest BCUT2D eigenvalue weighted by Crippen LogP contribution is -2.30. The minimum atomic E-state index is -4.97. The van der Waals surface area contributed by atoms with Crippen LogP contribution in [0, 0.1) is 0 Å². The Morgan fingerprint density at radius 1 is 0.281 bits per heavy atom. The van der Waals surface area contributed by atoms with Crippen molar-refractivity contribution in [1.29, 1.82) is 0 Å². The van der Waals surface area contributed by atoms with Crippen LogP contribution in [0.3, 0.4) is 0 Å². The zero-order valence-electron chi connectivity index (χ0n) is 61.6. The molecular weight excluding hydrogens is 1260 g/mol. The van der Waals surface area contributed by atoms with Gasteiger partial charge in [-0.2, -0.15) is 0 Å². The summed E-state index contributed by atoms with van der Waals surface area (Å²) in [5, 5.41) is 10.6. The predicted molar refractivity (Wildman–Crippen MR) is 391 cm³/mol. The van der Waals surface area contributed by atoms with E-state index in [1.807, 2.05) is 0 Å². The molecule has 0 spiro atoms. The predicted octanol–water partition coefficient (Wildman–Crippen LogP) is 22.3. The quantitative estimate of drug-likeness (QED) is 0.0169. The molecule has 0 radical (unpaired) electrons. The van der Waals surface area contributed by atoms with Crippen LogP contribution in [0.5, 0.6) is 0 Å². The number of rotatable bonds is 75. The van der Waals surface area contributed by atoms with Crippen molar-refractivity contribution < 1.29 is 80.2 Å². The standard InChI is InChI=1S/C77H144O17P2/c1-5-9-13-17-21-25-29-33-35-39-42-46-50-54-58-62-75(80)88-68-72(93-76(81)63-59-55-51-47-43-38-32-28-24-20-16-12-8-4)69-91-95(83,84)89-65-71(78)66-90-96(85,86)92-70-73(67-87-74(79)61-57-53-49-45-41-37-31-27-23-19-15-11-7-3)94-77(82)64-60-56-52-48-44-40-36-34-30-26-22-18-14-10-6-2/h26-27,30-31,33,35,71-73,78H,5-25,28-29,32,34,36-70H2,1-4H3,(H,83,84)(H,85,86)/b30-26-,31-27-,35-33-/t71-,72-,73-/m1/s1. The van der Waals surface area contributed by atoms with Crippen molar-refractivity contribution in [3.8, 4) is 0 Å². The summed E-state index contributed by atoms with van der Waals surface area (Å²) in [4.78, 5) is 72.8. The molecule has 0 aromatic heterocycles. The van der Waals surface area contributed by atoms with Crippen molar-refractivity contribution >= 4 is 39.5 Å². The lowest BCUT2D eigenvalue weighted by molar-refractivity contribution is -0.161. The second-order valence-electron chi connectivity index (χ2n) is 26.7. The van der Waals surface area contributed by atoms with Crippen molar-refractivity contribution in [1.82, 2.24) is 0 Å². The number of allylic oxidation sites excluding steroid dienone is 6. The number of carbonyl (C=O) groups excluding carboxylic acids is 4. The highest BCUT2D eigenvalue weighted by Gasteiger charge is 2.30. The van der Waals surface area contributed by atoms with E-state index in [0.29, 0.717) is 25.7 Å². The lowest BCUT2D eigenvalue weighted by atomic mass is 10.0. The minimum absolute atomic E-state index is 0.0945. The second kappa shape index (κ2) is 70.7. The van der Waals surface area contributed by atoms with Gasteiger partial charge in [-0.25, -0.2) is 9.13 Å². The molecular formula is C77H144O17P2. The van der Waals surface area contributed by atoms with Gasteiger partial charge in [0.15, 0.2) is 12.2 Å². The number of ether oxygens (including phenoxy) is 4. The Kier molecular flexibility index (Phi) is 68.7. The lowest BCUT2D eigenvalue weighted by Gasteiger charge is -2.21. The first-order valence-corrected chi connectivity index (χ1v) is 42.2. The van der Waals surface area contributed by atoms with Crippen molar-refractivity contribution in [3.63, 3.8) is 0 Å². The number of phosphoric ester groups is 2. The number of hydrogen-bond acceptors (Lipinski definition) is 15. The van der Waals surface area contributed by atoms with E-state index in [-0.39, 0.29) is 25.7 Å². The topological polar surface area (TPSA) is 237 Å². The molecule has 0 fully saturated rings. The van der Waals surface area contributed by atoms with Gasteiger partial charge in [-0.3, -0.25) is 37.3 Å². The molecule has 0 rings (SSSR count). The van der Waals surface area contributed by atoms with E-state index in [1.165, 1.54) is 141 Å². The number of unbranched alkanes of at least 4 members (excludes halogenated alkanes) is 43. The molecule has 0 aliphatic heterocycles. The monoisotopic (exact) mass is 1400 g/mol. The van der Waals surface area contributed by atoms with Crippen LogP contribution in [-0.2, 0) is 65.4 Å². The van der Waals surface area contributed by atoms with Gasteiger partial charge >= 0.3 is 39.5 Å². The zero-order valence-corrected chi connectivity index (χ0v) is 63.4. The third-order valence-corrected chi connectivity index (χ3v) is 19.0. The smallest absolute Gasteiger partial charge is 0.462 e. The maximum Gasteiger partial charge on any atom is 0.472 e. The van der Waals surface area contributed by atoms with Gasteiger partial charge in [0.2, 0.25) is 0 Å². The van der Waals surface area contributed by atoms with E-state index < -0.39 is 97.5 Å². The minimum Gasteiger partial charge on any atom is -0.462 e. The molecule has 0 bridgehead atoms. The van der Waals surface area contributed by atoms with Crippen LogP contribution in [0.1, 0.15) is 374 Å². The first kappa shape index (κ1) is 93.3. The Labute approximate surface area is 585 Å². The van der Waals surface area contributed by atoms with Crippen molar-refractivity contribution in [2.75, 3.05) is 39.6 Å². The van der Waals surface area contributed by atoms with Gasteiger partial charge in [0, 0.05) is 25.7 Å². The Morgan fingerprint density at radius 3 is 0.729 bits per heavy atom. The number of hydrogen-bond donors (Lipinski definition) is 3. The Bertz CT molecular complexity index is 1970. The molecule has 0 saturated heterocycles. The fourth-order valence-corrected chi connectivity index (χ4v) is 12.6. The average molecular weight is 1400 g/mol. The summed E-state index contributed by atoms with van der Waals surface area (Å²) in [6.07, 6.45) is 65.5. The van der Waals surface area contributed by atoms with Gasteiger partial charge in [-0.15, -0.1) is 0 Å². The van der Waals surface area contributed by atoms with Gasteiger partial charge in [0.05, 0.1) is 26.4 Å². The summed E-state index contributed by atoms with van der Waals surface area (Å²) < 4.78 is 68.5. The first-order valence-electron chi connectivity index (χ1n) is 39.2. The van der Waals surface area contributed by atoms with Gasteiger partial charge in [-0.05, 0) is 103 Å². The molecule has 0 aromatic rings. The molecule has 0 amide bonds. The third-order valence-electron chi connectivity index (χ3n) is 17.1. The van der Waals surface area contributed by atoms with Crippen LogP contribution in [0.2, 0.25) is 0 Å². The van der Waals surface area contributed by atoms with Crippen LogP contribution >= 0.6 is 15.6 Å². The summed E-state index contributed by atoms with van der Waals surface area (Å²) in [5.41, 5.74) is 0. The van der Waals surface area contributed by atoms with E-state index in [0.717, 1.165) is 154 Å². The largest absolute Gasteiger partial charge is 0.472 e. The van der Waals surface area contributed by atoms with Crippen molar-refractivity contribution in [3.05, 3.63) is 36.5 Å². The number of aliphatic hydroxyl groups is 1. The van der Waals surface area contributed by atoms with Crippen LogP contribution in [0.25, 0.3) is 0 Å². The van der Waals surface area contributed by atoms with Gasteiger partial charge in [-0.1, -0.05) is 282 Å². The Morgan fingerprint density at radius 2 is 0.479 bits per heavy atom.